The number of ether oxygens (including phenoxy) is 1. The number of carbonyl (C=O) groups is 1. The minimum absolute atomic E-state index is 0.175. The molecular weight excluding hydrogens is 276 g/mol. The summed E-state index contributed by atoms with van der Waals surface area (Å²) in [6.45, 7) is 5.96. The van der Waals surface area contributed by atoms with Gasteiger partial charge in [0.25, 0.3) is 0 Å². The molecule has 0 saturated heterocycles. The summed E-state index contributed by atoms with van der Waals surface area (Å²) in [5, 5.41) is 0. The molecule has 0 aromatic heterocycles. The van der Waals surface area contributed by atoms with Gasteiger partial charge in [0.05, 0.1) is 18.2 Å². The van der Waals surface area contributed by atoms with Crippen LogP contribution in [0.25, 0.3) is 0 Å². The van der Waals surface area contributed by atoms with Gasteiger partial charge in [0.2, 0.25) is 0 Å². The van der Waals surface area contributed by atoms with Crippen molar-refractivity contribution in [1.29, 1.82) is 0 Å². The van der Waals surface area contributed by atoms with Gasteiger partial charge >= 0.3 is 5.97 Å². The molecular formula is C16H23F2NO2. The number of nitrogen functional groups attached to an aromatic ring is 1. The Morgan fingerprint density at radius 3 is 2.57 bits per heavy atom. The van der Waals surface area contributed by atoms with Crippen molar-refractivity contribution in [3.05, 3.63) is 29.3 Å². The van der Waals surface area contributed by atoms with E-state index in [0.29, 0.717) is 6.42 Å². The Labute approximate surface area is 124 Å². The quantitative estimate of drug-likeness (QED) is 0.611. The van der Waals surface area contributed by atoms with E-state index in [2.05, 4.69) is 0 Å². The van der Waals surface area contributed by atoms with Gasteiger partial charge in [-0.05, 0) is 30.9 Å². The van der Waals surface area contributed by atoms with Gasteiger partial charge in [0.1, 0.15) is 11.6 Å². The molecule has 0 amide bonds. The topological polar surface area (TPSA) is 52.3 Å². The molecule has 0 fully saturated rings. The van der Waals surface area contributed by atoms with Crippen molar-refractivity contribution in [2.75, 3.05) is 12.3 Å². The Morgan fingerprint density at radius 2 is 2.00 bits per heavy atom. The van der Waals surface area contributed by atoms with E-state index < -0.39 is 23.5 Å². The van der Waals surface area contributed by atoms with Crippen molar-refractivity contribution in [1.82, 2.24) is 0 Å². The maximum atomic E-state index is 13.6. The van der Waals surface area contributed by atoms with Crippen LogP contribution in [0.4, 0.5) is 14.5 Å². The lowest BCUT2D eigenvalue weighted by Gasteiger charge is -2.21. The third-order valence-electron chi connectivity index (χ3n) is 3.49. The highest BCUT2D eigenvalue weighted by Crippen LogP contribution is 2.33. The van der Waals surface area contributed by atoms with E-state index in [9.17, 15) is 13.6 Å². The molecule has 3 nitrogen and oxygen atoms in total. The van der Waals surface area contributed by atoms with Gasteiger partial charge < -0.3 is 10.5 Å². The van der Waals surface area contributed by atoms with E-state index in [1.165, 1.54) is 0 Å². The minimum atomic E-state index is -0.845. The van der Waals surface area contributed by atoms with Crippen LogP contribution in [0.1, 0.15) is 51.5 Å². The van der Waals surface area contributed by atoms with Crippen molar-refractivity contribution >= 4 is 11.7 Å². The normalized spacial score (nSPS) is 13.8. The second-order valence-corrected chi connectivity index (χ2v) is 5.32. The fraction of sp³-hybridized carbons (Fsp3) is 0.562. The van der Waals surface area contributed by atoms with E-state index in [1.54, 1.807) is 6.92 Å². The first-order valence-corrected chi connectivity index (χ1v) is 7.31. The van der Waals surface area contributed by atoms with Crippen LogP contribution in [0.3, 0.4) is 0 Å². The SMILES string of the molecule is CCCC(C)CC(C(=O)OCC)c1cc(F)cc(F)c1N. The average Bonchev–Trinajstić information content (AvgIpc) is 2.41. The zero-order chi connectivity index (χ0) is 16.0. The Hall–Kier alpha value is -1.65. The van der Waals surface area contributed by atoms with Gasteiger partial charge in [-0.15, -0.1) is 0 Å². The van der Waals surface area contributed by atoms with Gasteiger partial charge in [0.15, 0.2) is 0 Å². The molecule has 118 valence electrons. The number of anilines is 1. The lowest BCUT2D eigenvalue weighted by molar-refractivity contribution is -0.145. The fourth-order valence-corrected chi connectivity index (χ4v) is 2.50. The standard InChI is InChI=1S/C16H23F2NO2/c1-4-6-10(3)7-13(16(20)21-5-2)12-8-11(17)9-14(18)15(12)19/h8-10,13H,4-7,19H2,1-3H3. The van der Waals surface area contributed by atoms with Crippen molar-refractivity contribution in [3.63, 3.8) is 0 Å². The Bertz CT molecular complexity index is 491. The van der Waals surface area contributed by atoms with Crippen LogP contribution in [-0.4, -0.2) is 12.6 Å². The highest BCUT2D eigenvalue weighted by atomic mass is 19.1. The molecule has 2 atom stereocenters. The van der Waals surface area contributed by atoms with Crippen LogP contribution < -0.4 is 5.73 Å². The van der Waals surface area contributed by atoms with E-state index >= 15 is 0 Å². The summed E-state index contributed by atoms with van der Waals surface area (Å²) in [5.41, 5.74) is 5.68. The molecule has 2 N–H and O–H groups in total. The number of rotatable bonds is 7. The van der Waals surface area contributed by atoms with E-state index in [-0.39, 0.29) is 23.8 Å². The lowest BCUT2D eigenvalue weighted by Crippen LogP contribution is -2.20. The molecule has 0 spiro atoms. The molecule has 5 heteroatoms. The predicted octanol–water partition coefficient (Wildman–Crippen LogP) is 4.02. The van der Waals surface area contributed by atoms with E-state index in [0.717, 1.165) is 25.0 Å². The summed E-state index contributed by atoms with van der Waals surface area (Å²) in [6.07, 6.45) is 2.36. The first kappa shape index (κ1) is 17.4. The monoisotopic (exact) mass is 299 g/mol. The summed E-state index contributed by atoms with van der Waals surface area (Å²) in [4.78, 5) is 12.1. The molecule has 0 saturated carbocycles. The third kappa shape index (κ3) is 4.69. The van der Waals surface area contributed by atoms with Crippen LogP contribution in [0.15, 0.2) is 12.1 Å². The summed E-state index contributed by atoms with van der Waals surface area (Å²) >= 11 is 0. The highest BCUT2D eigenvalue weighted by Gasteiger charge is 2.27. The van der Waals surface area contributed by atoms with Gasteiger partial charge in [-0.1, -0.05) is 26.7 Å². The molecule has 0 radical (unpaired) electrons. The van der Waals surface area contributed by atoms with Gasteiger partial charge in [-0.2, -0.15) is 0 Å². The molecule has 2 unspecified atom stereocenters. The van der Waals surface area contributed by atoms with Crippen LogP contribution in [0.5, 0.6) is 0 Å². The number of carbonyl (C=O) groups excluding carboxylic acids is 1. The van der Waals surface area contributed by atoms with E-state index in [4.69, 9.17) is 10.5 Å². The smallest absolute Gasteiger partial charge is 0.313 e. The van der Waals surface area contributed by atoms with Gasteiger partial charge in [-0.25, -0.2) is 8.78 Å². The molecule has 1 rings (SSSR count). The van der Waals surface area contributed by atoms with Crippen molar-refractivity contribution in [2.24, 2.45) is 5.92 Å². The second kappa shape index (κ2) is 7.96. The van der Waals surface area contributed by atoms with Gasteiger partial charge in [0, 0.05) is 6.07 Å². The van der Waals surface area contributed by atoms with Crippen LogP contribution in [0.2, 0.25) is 0 Å². The molecule has 0 aliphatic carbocycles. The largest absolute Gasteiger partial charge is 0.466 e. The molecule has 0 aliphatic heterocycles. The first-order chi connectivity index (χ1) is 9.90. The zero-order valence-electron chi connectivity index (χ0n) is 12.8. The summed E-state index contributed by atoms with van der Waals surface area (Å²) in [6, 6.07) is 1.84. The fourth-order valence-electron chi connectivity index (χ4n) is 2.50. The highest BCUT2D eigenvalue weighted by molar-refractivity contribution is 5.80. The number of esters is 1. The second-order valence-electron chi connectivity index (χ2n) is 5.32. The molecule has 0 heterocycles. The minimum Gasteiger partial charge on any atom is -0.466 e. The molecule has 1 aromatic rings. The molecule has 0 bridgehead atoms. The summed E-state index contributed by atoms with van der Waals surface area (Å²) in [7, 11) is 0. The van der Waals surface area contributed by atoms with E-state index in [1.807, 2.05) is 13.8 Å². The van der Waals surface area contributed by atoms with Crippen LogP contribution in [0, 0.1) is 17.6 Å². The maximum Gasteiger partial charge on any atom is 0.313 e. The van der Waals surface area contributed by atoms with Crippen molar-refractivity contribution in [3.8, 4) is 0 Å². The van der Waals surface area contributed by atoms with Gasteiger partial charge in [-0.3, -0.25) is 4.79 Å². The Kier molecular flexibility index (Phi) is 6.59. The number of hydrogen-bond acceptors (Lipinski definition) is 3. The average molecular weight is 299 g/mol. The Morgan fingerprint density at radius 1 is 1.33 bits per heavy atom. The van der Waals surface area contributed by atoms with Crippen molar-refractivity contribution in [2.45, 2.75) is 46.0 Å². The van der Waals surface area contributed by atoms with Crippen LogP contribution in [-0.2, 0) is 9.53 Å². The molecule has 0 aliphatic rings. The summed E-state index contributed by atoms with van der Waals surface area (Å²) in [5.74, 6) is -2.58. The third-order valence-corrected chi connectivity index (χ3v) is 3.49. The maximum absolute atomic E-state index is 13.6. The predicted molar refractivity (Wildman–Crippen MR) is 78.8 cm³/mol. The Balaban J connectivity index is 3.14. The lowest BCUT2D eigenvalue weighted by atomic mass is 9.86. The number of halogens is 2. The van der Waals surface area contributed by atoms with Crippen LogP contribution >= 0.6 is 0 Å². The number of hydrogen-bond donors (Lipinski definition) is 1. The first-order valence-electron chi connectivity index (χ1n) is 7.31. The number of benzene rings is 1. The number of nitrogens with two attached hydrogens (primary N) is 1. The molecule has 21 heavy (non-hydrogen) atoms. The summed E-state index contributed by atoms with van der Waals surface area (Å²) < 4.78 is 32.1. The zero-order valence-corrected chi connectivity index (χ0v) is 12.8. The molecule has 1 aromatic carbocycles. The van der Waals surface area contributed by atoms with Crippen molar-refractivity contribution < 1.29 is 18.3 Å².